The van der Waals surface area contributed by atoms with Crippen LogP contribution in [0.2, 0.25) is 0 Å². The molecule has 0 bridgehead atoms. The zero-order valence-corrected chi connectivity index (χ0v) is 15.3. The number of hydrogen-bond acceptors (Lipinski definition) is 7. The number of benzene rings is 2. The average molecular weight is 396 g/mol. The second-order valence-electron chi connectivity index (χ2n) is 5.49. The molecule has 4 aromatic rings. The third-order valence-corrected chi connectivity index (χ3v) is 4.82. The van der Waals surface area contributed by atoms with E-state index in [1.807, 2.05) is 35.7 Å². The highest BCUT2D eigenvalue weighted by Crippen LogP contribution is 2.28. The van der Waals surface area contributed by atoms with Gasteiger partial charge in [-0.05, 0) is 36.5 Å². The highest BCUT2D eigenvalue weighted by atomic mass is 32.1. The maximum Gasteiger partial charge on any atom is 0.269 e. The molecule has 0 atom stereocenters. The summed E-state index contributed by atoms with van der Waals surface area (Å²) >= 11 is 6.72. The minimum atomic E-state index is -0.426. The van der Waals surface area contributed by atoms with Gasteiger partial charge in [-0.2, -0.15) is 0 Å². The Balaban J connectivity index is 1.61. The molecule has 2 heterocycles. The van der Waals surface area contributed by atoms with E-state index in [-0.39, 0.29) is 5.69 Å². The summed E-state index contributed by atoms with van der Waals surface area (Å²) in [5.74, 6) is 0.524. The van der Waals surface area contributed by atoms with Crippen molar-refractivity contribution < 1.29 is 4.92 Å². The van der Waals surface area contributed by atoms with Crippen molar-refractivity contribution in [3.8, 4) is 16.9 Å². The van der Waals surface area contributed by atoms with E-state index < -0.39 is 4.92 Å². The van der Waals surface area contributed by atoms with Gasteiger partial charge in [0.2, 0.25) is 10.7 Å². The van der Waals surface area contributed by atoms with Crippen molar-refractivity contribution in [2.24, 2.45) is 0 Å². The van der Waals surface area contributed by atoms with Crippen molar-refractivity contribution in [2.75, 3.05) is 5.32 Å². The molecule has 0 aliphatic heterocycles. The Bertz CT molecular complexity index is 1150. The molecule has 0 aliphatic rings. The summed E-state index contributed by atoms with van der Waals surface area (Å²) < 4.78 is 2.25. The van der Waals surface area contributed by atoms with Crippen molar-refractivity contribution in [3.05, 3.63) is 74.9 Å². The van der Waals surface area contributed by atoms with Gasteiger partial charge in [0.1, 0.15) is 0 Å². The van der Waals surface area contributed by atoms with E-state index in [1.165, 1.54) is 23.5 Å². The molecule has 0 fully saturated rings. The molecule has 0 aliphatic carbocycles. The Morgan fingerprint density at radius 3 is 2.59 bits per heavy atom. The molecule has 10 heteroatoms. The predicted molar refractivity (Wildman–Crippen MR) is 106 cm³/mol. The number of anilines is 2. The van der Waals surface area contributed by atoms with Gasteiger partial charge in [0.25, 0.3) is 5.69 Å². The van der Waals surface area contributed by atoms with Gasteiger partial charge in [0.15, 0.2) is 5.13 Å². The molecule has 2 aromatic heterocycles. The number of nitrogens with one attached hydrogen (secondary N) is 2. The van der Waals surface area contributed by atoms with Crippen LogP contribution in [0.5, 0.6) is 0 Å². The third-order valence-electron chi connectivity index (χ3n) is 3.78. The molecule has 0 amide bonds. The van der Waals surface area contributed by atoms with Crippen LogP contribution in [0, 0.1) is 14.9 Å². The van der Waals surface area contributed by atoms with Crippen LogP contribution in [0.15, 0.2) is 60.0 Å². The maximum absolute atomic E-state index is 10.8. The number of nitro benzene ring substituents is 1. The lowest BCUT2D eigenvalue weighted by molar-refractivity contribution is -0.384. The normalized spacial score (nSPS) is 10.7. The van der Waals surface area contributed by atoms with Crippen LogP contribution in [-0.2, 0) is 0 Å². The lowest BCUT2D eigenvalue weighted by atomic mass is 10.1. The van der Waals surface area contributed by atoms with E-state index in [1.54, 1.807) is 16.7 Å². The topological polar surface area (TPSA) is 102 Å². The number of nitrogens with zero attached hydrogens (tertiary/aromatic N) is 4. The van der Waals surface area contributed by atoms with Crippen LogP contribution < -0.4 is 5.32 Å². The van der Waals surface area contributed by atoms with Crippen LogP contribution in [0.4, 0.5) is 16.8 Å². The Hall–Kier alpha value is -3.37. The Kier molecular flexibility index (Phi) is 4.48. The van der Waals surface area contributed by atoms with Crippen molar-refractivity contribution in [1.82, 2.24) is 19.7 Å². The van der Waals surface area contributed by atoms with Crippen LogP contribution >= 0.6 is 23.6 Å². The zero-order valence-electron chi connectivity index (χ0n) is 13.7. The quantitative estimate of drug-likeness (QED) is 0.288. The fourth-order valence-electron chi connectivity index (χ4n) is 2.51. The summed E-state index contributed by atoms with van der Waals surface area (Å²) in [5, 5.41) is 23.4. The van der Waals surface area contributed by atoms with Crippen LogP contribution in [-0.4, -0.2) is 24.7 Å². The lowest BCUT2D eigenvalue weighted by Crippen LogP contribution is -2.01. The van der Waals surface area contributed by atoms with Gasteiger partial charge >= 0.3 is 0 Å². The van der Waals surface area contributed by atoms with Gasteiger partial charge < -0.3 is 0 Å². The van der Waals surface area contributed by atoms with Gasteiger partial charge in [0.05, 0.1) is 16.3 Å². The summed E-state index contributed by atoms with van der Waals surface area (Å²) in [6.45, 7) is 0. The second kappa shape index (κ2) is 7.09. The zero-order chi connectivity index (χ0) is 18.8. The molecule has 0 spiro atoms. The van der Waals surface area contributed by atoms with E-state index >= 15 is 0 Å². The molecule has 2 N–H and O–H groups in total. The van der Waals surface area contributed by atoms with Gasteiger partial charge in [-0.25, -0.2) is 10.1 Å². The number of rotatable bonds is 5. The first-order valence-corrected chi connectivity index (χ1v) is 9.11. The number of hydrogen-bond donors (Lipinski definition) is 2. The fraction of sp³-hybridized carbons (Fsp3) is 0. The Morgan fingerprint density at radius 2 is 1.89 bits per heavy atom. The molecule has 27 heavy (non-hydrogen) atoms. The Morgan fingerprint density at radius 1 is 1.15 bits per heavy atom. The summed E-state index contributed by atoms with van der Waals surface area (Å²) in [6.07, 6.45) is 0. The summed E-state index contributed by atoms with van der Waals surface area (Å²) in [6, 6.07) is 15.9. The molecule has 0 radical (unpaired) electrons. The number of nitro groups is 1. The number of H-pyrrole nitrogens is 1. The summed E-state index contributed by atoms with van der Waals surface area (Å²) in [7, 11) is 0. The monoisotopic (exact) mass is 396 g/mol. The molecule has 4 rings (SSSR count). The fourth-order valence-corrected chi connectivity index (χ4v) is 3.46. The lowest BCUT2D eigenvalue weighted by Gasteiger charge is -2.06. The van der Waals surface area contributed by atoms with E-state index in [0.717, 1.165) is 16.9 Å². The van der Waals surface area contributed by atoms with Crippen molar-refractivity contribution in [3.63, 3.8) is 0 Å². The number of aromatic amines is 1. The number of aromatic nitrogens is 4. The highest BCUT2D eigenvalue weighted by molar-refractivity contribution is 7.71. The first-order chi connectivity index (χ1) is 13.1. The highest BCUT2D eigenvalue weighted by Gasteiger charge is 2.12. The molecule has 8 nitrogen and oxygen atoms in total. The average Bonchev–Trinajstić information content (AvgIpc) is 3.30. The predicted octanol–water partition coefficient (Wildman–Crippen LogP) is 4.71. The van der Waals surface area contributed by atoms with Crippen molar-refractivity contribution in [2.45, 2.75) is 0 Å². The molecule has 0 saturated heterocycles. The third kappa shape index (κ3) is 3.48. The van der Waals surface area contributed by atoms with Crippen LogP contribution in [0.3, 0.4) is 0 Å². The molecule has 134 valence electrons. The van der Waals surface area contributed by atoms with Gasteiger partial charge in [0, 0.05) is 23.1 Å². The van der Waals surface area contributed by atoms with Crippen molar-refractivity contribution in [1.29, 1.82) is 0 Å². The SMILES string of the molecule is O=[N+]([O-])c1ccc(-c2csc(Nc3n[nH]c(=S)n3-c3ccccc3)n2)cc1. The van der Waals surface area contributed by atoms with E-state index in [2.05, 4.69) is 20.5 Å². The van der Waals surface area contributed by atoms with E-state index in [9.17, 15) is 10.1 Å². The minimum absolute atomic E-state index is 0.0470. The van der Waals surface area contributed by atoms with Gasteiger partial charge in [-0.15, -0.1) is 16.4 Å². The molecule has 0 unspecified atom stereocenters. The maximum atomic E-state index is 10.8. The van der Waals surface area contributed by atoms with E-state index in [4.69, 9.17) is 12.2 Å². The van der Waals surface area contributed by atoms with Crippen molar-refractivity contribution >= 4 is 40.3 Å². The van der Waals surface area contributed by atoms with Gasteiger partial charge in [-0.1, -0.05) is 18.2 Å². The minimum Gasteiger partial charge on any atom is -0.300 e. The number of non-ortho nitro benzene ring substituents is 1. The van der Waals surface area contributed by atoms with E-state index in [0.29, 0.717) is 15.9 Å². The molecule has 2 aromatic carbocycles. The smallest absolute Gasteiger partial charge is 0.269 e. The standard InChI is InChI=1S/C17H12N6O2S2/c24-23(25)13-8-6-11(7-9-13)14-10-27-16(18-14)19-15-20-21-17(26)22(15)12-4-2-1-3-5-12/h1-10H,(H,21,26)(H,18,19,20). The first-order valence-electron chi connectivity index (χ1n) is 7.82. The Labute approximate surface area is 162 Å². The van der Waals surface area contributed by atoms with Crippen LogP contribution in [0.25, 0.3) is 16.9 Å². The summed E-state index contributed by atoms with van der Waals surface area (Å²) in [4.78, 5) is 14.9. The number of thiazole rings is 1. The first kappa shape index (κ1) is 17.1. The number of para-hydroxylation sites is 1. The molecule has 0 saturated carbocycles. The van der Waals surface area contributed by atoms with Gasteiger partial charge in [-0.3, -0.25) is 20.0 Å². The summed E-state index contributed by atoms with van der Waals surface area (Å²) in [5.41, 5.74) is 2.45. The molecular weight excluding hydrogens is 384 g/mol. The molecular formula is C17H12N6O2S2. The largest absolute Gasteiger partial charge is 0.300 e. The van der Waals surface area contributed by atoms with Crippen LogP contribution in [0.1, 0.15) is 0 Å². The second-order valence-corrected chi connectivity index (χ2v) is 6.74.